The Morgan fingerprint density at radius 2 is 1.72 bits per heavy atom. The number of methoxy groups -OCH3 is 1. The molecule has 0 bridgehead atoms. The van der Waals surface area contributed by atoms with Crippen LogP contribution in [0.1, 0.15) is 84.4 Å². The van der Waals surface area contributed by atoms with E-state index < -0.39 is 25.8 Å². The minimum absolute atomic E-state index is 0.0135. The van der Waals surface area contributed by atoms with Gasteiger partial charge in [-0.05, 0) is 72.1 Å². The molecule has 1 aliphatic heterocycles. The summed E-state index contributed by atoms with van der Waals surface area (Å²) < 4.78 is 44.6. The highest BCUT2D eigenvalue weighted by molar-refractivity contribution is 7.98. The van der Waals surface area contributed by atoms with Crippen LogP contribution in [0.3, 0.4) is 0 Å². The van der Waals surface area contributed by atoms with E-state index in [1.54, 1.807) is 12.1 Å². The smallest absolute Gasteiger partial charge is 0.189 e. The van der Waals surface area contributed by atoms with Crippen LogP contribution in [0, 0.1) is 23.1 Å². The Labute approximate surface area is 299 Å². The van der Waals surface area contributed by atoms with E-state index in [9.17, 15) is 5.11 Å². The summed E-state index contributed by atoms with van der Waals surface area (Å²) >= 11 is 1.34. The van der Waals surface area contributed by atoms with Gasteiger partial charge in [-0.3, -0.25) is 0 Å². The standard InChI is InChI=1S/C39H48F2N4O3SSi/c1-22(2)50(23(3)4,24(5)6)17-15-29-31(40)14-13-26-18-28(48-21-47-7)19-30(32(26)29)36-34(41)37-33(35(42-36)25-11-12-25)38(44-39(43-37)49-8)45-16-9-10-27(46)20-45/h13-14,18-19,22-25,27,46H,9-12,16,20-21H2,1-8H3/t27-/m1/s1. The van der Waals surface area contributed by atoms with Crippen molar-refractivity contribution in [1.82, 2.24) is 15.0 Å². The Bertz CT molecular complexity index is 1950. The van der Waals surface area contributed by atoms with E-state index in [-0.39, 0.29) is 29.5 Å². The number of fused-ring (bicyclic) bond motifs is 2. The number of hydrogen-bond donors (Lipinski definition) is 1. The fourth-order valence-electron chi connectivity index (χ4n) is 8.00. The van der Waals surface area contributed by atoms with E-state index in [2.05, 4.69) is 53.0 Å². The molecule has 50 heavy (non-hydrogen) atoms. The Morgan fingerprint density at radius 1 is 1.00 bits per heavy atom. The molecular weight excluding hydrogens is 671 g/mol. The molecule has 2 fully saturated rings. The zero-order valence-electron chi connectivity index (χ0n) is 30.4. The van der Waals surface area contributed by atoms with Gasteiger partial charge in [0, 0.05) is 37.1 Å². The van der Waals surface area contributed by atoms with Gasteiger partial charge < -0.3 is 19.5 Å². The number of hydrogen-bond acceptors (Lipinski definition) is 8. The Balaban J connectivity index is 1.69. The number of aromatic nitrogens is 3. The monoisotopic (exact) mass is 718 g/mol. The largest absolute Gasteiger partial charge is 0.468 e. The lowest BCUT2D eigenvalue weighted by Crippen LogP contribution is -2.43. The first-order valence-corrected chi connectivity index (χ1v) is 21.2. The first kappa shape index (κ1) is 36.5. The molecular formula is C39H48F2N4O3SSi. The van der Waals surface area contributed by atoms with Gasteiger partial charge >= 0.3 is 0 Å². The van der Waals surface area contributed by atoms with E-state index >= 15 is 8.78 Å². The molecule has 1 saturated carbocycles. The number of anilines is 1. The topological polar surface area (TPSA) is 80.6 Å². The van der Waals surface area contributed by atoms with E-state index in [1.165, 1.54) is 24.9 Å². The lowest BCUT2D eigenvalue weighted by molar-refractivity contribution is 0.0512. The number of β-amino-alcohol motifs (C(OH)–C–C–N with tert-alkyl or cyclic N) is 1. The maximum Gasteiger partial charge on any atom is 0.189 e. The number of aliphatic hydroxyl groups is 1. The van der Waals surface area contributed by atoms with Gasteiger partial charge in [-0.25, -0.2) is 23.7 Å². The lowest BCUT2D eigenvalue weighted by atomic mass is 9.95. The van der Waals surface area contributed by atoms with Gasteiger partial charge in [0.25, 0.3) is 0 Å². The van der Waals surface area contributed by atoms with Crippen LogP contribution >= 0.6 is 11.8 Å². The minimum atomic E-state index is -2.25. The third-order valence-corrected chi connectivity index (χ3v) is 17.4. The lowest BCUT2D eigenvalue weighted by Gasteiger charge is -2.38. The number of halogens is 2. The molecule has 11 heteroatoms. The van der Waals surface area contributed by atoms with Crippen molar-refractivity contribution in [3.63, 3.8) is 0 Å². The van der Waals surface area contributed by atoms with Gasteiger partial charge in [0.05, 0.1) is 22.7 Å². The molecule has 2 aromatic heterocycles. The van der Waals surface area contributed by atoms with Gasteiger partial charge in [0.2, 0.25) is 0 Å². The van der Waals surface area contributed by atoms with Crippen LogP contribution < -0.4 is 9.64 Å². The van der Waals surface area contributed by atoms with Crippen molar-refractivity contribution < 1.29 is 23.4 Å². The van der Waals surface area contributed by atoms with Crippen molar-refractivity contribution in [2.75, 3.05) is 38.1 Å². The molecule has 2 aliphatic rings. The molecule has 3 heterocycles. The van der Waals surface area contributed by atoms with Crippen LogP contribution in [-0.2, 0) is 4.74 Å². The number of nitrogens with zero attached hydrogens (tertiary/aromatic N) is 4. The van der Waals surface area contributed by atoms with Gasteiger partial charge in [-0.15, -0.1) is 5.54 Å². The van der Waals surface area contributed by atoms with E-state index in [1.807, 2.05) is 17.2 Å². The van der Waals surface area contributed by atoms with Crippen molar-refractivity contribution in [2.24, 2.45) is 0 Å². The molecule has 0 amide bonds. The number of benzene rings is 2. The summed E-state index contributed by atoms with van der Waals surface area (Å²) in [4.78, 5) is 16.7. The fraction of sp³-hybridized carbons (Fsp3) is 0.513. The van der Waals surface area contributed by atoms with Gasteiger partial charge in [-0.1, -0.05) is 65.3 Å². The van der Waals surface area contributed by atoms with Gasteiger partial charge in [0.1, 0.15) is 36.7 Å². The molecule has 6 rings (SSSR count). The van der Waals surface area contributed by atoms with Gasteiger partial charge in [0.15, 0.2) is 17.8 Å². The van der Waals surface area contributed by atoms with Crippen molar-refractivity contribution >= 4 is 47.3 Å². The Hall–Kier alpha value is -3.30. The second-order valence-corrected chi connectivity index (χ2v) is 21.0. The second kappa shape index (κ2) is 14.7. The summed E-state index contributed by atoms with van der Waals surface area (Å²) in [5.74, 6) is 3.45. The molecule has 1 saturated heterocycles. The molecule has 0 unspecified atom stereocenters. The van der Waals surface area contributed by atoms with Crippen molar-refractivity contribution in [3.05, 3.63) is 47.2 Å². The zero-order chi connectivity index (χ0) is 35.9. The Morgan fingerprint density at radius 3 is 2.34 bits per heavy atom. The van der Waals surface area contributed by atoms with E-state index in [0.29, 0.717) is 74.6 Å². The number of ether oxygens (including phenoxy) is 2. The zero-order valence-corrected chi connectivity index (χ0v) is 32.2. The number of aliphatic hydroxyl groups excluding tert-OH is 1. The second-order valence-electron chi connectivity index (χ2n) is 14.6. The predicted molar refractivity (Wildman–Crippen MR) is 202 cm³/mol. The number of rotatable bonds is 10. The number of thioether (sulfide) groups is 1. The normalized spacial score (nSPS) is 16.9. The van der Waals surface area contributed by atoms with Crippen LogP contribution in [0.5, 0.6) is 5.75 Å². The maximum absolute atomic E-state index is 17.4. The van der Waals surface area contributed by atoms with Gasteiger partial charge in [-0.2, -0.15) is 0 Å². The van der Waals surface area contributed by atoms with Crippen molar-refractivity contribution in [1.29, 1.82) is 0 Å². The Kier molecular flexibility index (Phi) is 10.8. The summed E-state index contributed by atoms with van der Waals surface area (Å²) in [6.45, 7) is 14.4. The molecule has 266 valence electrons. The summed E-state index contributed by atoms with van der Waals surface area (Å²) in [5.41, 5.74) is 6.35. The predicted octanol–water partition coefficient (Wildman–Crippen LogP) is 9.24. The number of pyridine rings is 1. The van der Waals surface area contributed by atoms with Crippen LogP contribution in [0.25, 0.3) is 32.9 Å². The van der Waals surface area contributed by atoms with Crippen LogP contribution in [0.15, 0.2) is 29.4 Å². The first-order valence-electron chi connectivity index (χ1n) is 17.7. The third-order valence-electron chi connectivity index (χ3n) is 10.5. The van der Waals surface area contributed by atoms with Crippen LogP contribution in [-0.4, -0.2) is 67.5 Å². The molecule has 0 radical (unpaired) electrons. The van der Waals surface area contributed by atoms with Crippen molar-refractivity contribution in [3.8, 4) is 28.5 Å². The summed E-state index contributed by atoms with van der Waals surface area (Å²) in [7, 11) is -0.712. The summed E-state index contributed by atoms with van der Waals surface area (Å²) in [6.07, 6.45) is 4.71. The van der Waals surface area contributed by atoms with E-state index in [4.69, 9.17) is 24.4 Å². The molecule has 7 nitrogen and oxygen atoms in total. The van der Waals surface area contributed by atoms with E-state index in [0.717, 1.165) is 25.0 Å². The minimum Gasteiger partial charge on any atom is -0.468 e. The molecule has 0 spiro atoms. The van der Waals surface area contributed by atoms with Crippen molar-refractivity contribution in [2.45, 2.75) is 101 Å². The summed E-state index contributed by atoms with van der Waals surface area (Å²) in [5, 5.41) is 12.7. The average Bonchev–Trinajstić information content (AvgIpc) is 3.93. The van der Waals surface area contributed by atoms with Crippen LogP contribution in [0.4, 0.5) is 14.6 Å². The molecule has 2 aromatic carbocycles. The first-order chi connectivity index (χ1) is 23.9. The molecule has 1 aliphatic carbocycles. The fourth-order valence-corrected chi connectivity index (χ4v) is 13.6. The summed E-state index contributed by atoms with van der Waals surface area (Å²) in [6, 6.07) is 6.65. The quantitative estimate of drug-likeness (QED) is 0.0572. The SMILES string of the molecule is COCOc1cc(-c2nc(C3CC3)c3c(N4CCC[C@@H](O)C4)nc(SC)nc3c2F)c2c(C#C[Si](C(C)C)(C(C)C)C(C)C)c(F)ccc2c1. The molecule has 1 atom stereocenters. The average molecular weight is 719 g/mol. The highest BCUT2D eigenvalue weighted by atomic mass is 32.2. The molecule has 4 aromatic rings. The maximum atomic E-state index is 17.4. The third kappa shape index (κ3) is 6.72. The highest BCUT2D eigenvalue weighted by Gasteiger charge is 2.42. The molecule has 1 N–H and O–H groups in total. The van der Waals surface area contributed by atoms with Crippen LogP contribution in [0.2, 0.25) is 16.6 Å². The highest BCUT2D eigenvalue weighted by Crippen LogP contribution is 2.48. The number of piperidine rings is 1.